The van der Waals surface area contributed by atoms with E-state index in [2.05, 4.69) is 9.97 Å². The van der Waals surface area contributed by atoms with Crippen LogP contribution >= 0.6 is 0 Å². The molecule has 0 bridgehead atoms. The van der Waals surface area contributed by atoms with Gasteiger partial charge in [-0.3, -0.25) is 4.79 Å². The van der Waals surface area contributed by atoms with Crippen molar-refractivity contribution in [2.75, 3.05) is 12.3 Å². The zero-order valence-electron chi connectivity index (χ0n) is 11.3. The molecule has 1 amide bonds. The minimum absolute atomic E-state index is 0.0283. The van der Waals surface area contributed by atoms with E-state index in [4.69, 9.17) is 21.3 Å². The Bertz CT molecular complexity index is 736. The number of aromatic nitrogens is 3. The molecule has 3 rings (SSSR count). The summed E-state index contributed by atoms with van der Waals surface area (Å²) in [6.07, 6.45) is -3.21. The summed E-state index contributed by atoms with van der Waals surface area (Å²) in [6.45, 7) is -0.590. The zero-order valence-corrected chi connectivity index (χ0v) is 11.3. The van der Waals surface area contributed by atoms with Gasteiger partial charge in [0.25, 0.3) is 5.91 Å². The number of hydrogen-bond acceptors (Lipinski definition) is 7. The second-order valence-electron chi connectivity index (χ2n) is 4.95. The van der Waals surface area contributed by atoms with E-state index >= 15 is 0 Å². The number of rotatable bonds is 3. The molecule has 0 spiro atoms. The monoisotopic (exact) mass is 311 g/mol. The quantitative estimate of drug-likeness (QED) is 0.550. The van der Waals surface area contributed by atoms with E-state index in [1.165, 1.54) is 10.8 Å². The number of primary amides is 1. The van der Waals surface area contributed by atoms with Crippen molar-refractivity contribution in [1.82, 2.24) is 14.5 Å². The highest BCUT2D eigenvalue weighted by Crippen LogP contribution is 2.35. The molecule has 0 radical (unpaired) electrons. The summed E-state index contributed by atoms with van der Waals surface area (Å²) in [4.78, 5) is 19.3. The molecule has 22 heavy (non-hydrogen) atoms. The van der Waals surface area contributed by atoms with Crippen LogP contribution in [0.5, 0.6) is 0 Å². The standard InChI is InChI=1S/C12H14FN5O4/c13-7-5(2-19)22-12(8(7)20)18-1-4(10(15)21)6-9(14)16-3-17-11(6)18/h1,3,5,7-8,12,19-20H,2H2,(H2,15,21)(H2,14,16,17)/t5-,7-,8-,12?/m1/s1. The molecule has 1 aliphatic rings. The predicted molar refractivity (Wildman–Crippen MR) is 72.4 cm³/mol. The Kier molecular flexibility index (Phi) is 3.43. The average Bonchev–Trinajstić information content (AvgIpc) is 3.00. The molecule has 1 unspecified atom stereocenters. The van der Waals surface area contributed by atoms with Crippen molar-refractivity contribution in [3.8, 4) is 0 Å². The number of nitrogens with zero attached hydrogens (tertiary/aromatic N) is 3. The summed E-state index contributed by atoms with van der Waals surface area (Å²) in [5.41, 5.74) is 11.2. The SMILES string of the molecule is NC(=O)c1cn(C2O[C@H](CO)[C@@H](F)[C@H]2O)c2ncnc(N)c12. The van der Waals surface area contributed by atoms with Crippen molar-refractivity contribution in [3.63, 3.8) is 0 Å². The molecule has 118 valence electrons. The van der Waals surface area contributed by atoms with E-state index < -0.39 is 37.1 Å². The highest BCUT2D eigenvalue weighted by Gasteiger charge is 2.45. The summed E-state index contributed by atoms with van der Waals surface area (Å²) >= 11 is 0. The average molecular weight is 311 g/mol. The lowest BCUT2D eigenvalue weighted by atomic mass is 10.1. The molecule has 1 aliphatic heterocycles. The van der Waals surface area contributed by atoms with Crippen molar-refractivity contribution in [2.24, 2.45) is 5.73 Å². The van der Waals surface area contributed by atoms with Crippen molar-refractivity contribution < 1.29 is 24.1 Å². The predicted octanol–water partition coefficient (Wildman–Crippen LogP) is -1.30. The maximum Gasteiger partial charge on any atom is 0.251 e. The van der Waals surface area contributed by atoms with Crippen LogP contribution in [0.2, 0.25) is 0 Å². The van der Waals surface area contributed by atoms with Gasteiger partial charge in [-0.15, -0.1) is 0 Å². The number of aliphatic hydroxyl groups is 2. The highest BCUT2D eigenvalue weighted by atomic mass is 19.1. The van der Waals surface area contributed by atoms with Crippen molar-refractivity contribution >= 4 is 22.8 Å². The number of hydrogen-bond donors (Lipinski definition) is 4. The van der Waals surface area contributed by atoms with Crippen molar-refractivity contribution in [1.29, 1.82) is 0 Å². The van der Waals surface area contributed by atoms with Gasteiger partial charge >= 0.3 is 0 Å². The van der Waals surface area contributed by atoms with Crippen LogP contribution in [0.25, 0.3) is 11.0 Å². The fourth-order valence-corrected chi connectivity index (χ4v) is 2.57. The first kappa shape index (κ1) is 14.6. The first-order valence-corrected chi connectivity index (χ1v) is 6.45. The van der Waals surface area contributed by atoms with Gasteiger partial charge < -0.3 is 31.0 Å². The van der Waals surface area contributed by atoms with Crippen LogP contribution in [0.4, 0.5) is 10.2 Å². The molecule has 2 aromatic heterocycles. The van der Waals surface area contributed by atoms with Gasteiger partial charge in [-0.1, -0.05) is 0 Å². The van der Waals surface area contributed by atoms with Crippen LogP contribution in [-0.2, 0) is 4.74 Å². The lowest BCUT2D eigenvalue weighted by Crippen LogP contribution is -2.29. The van der Waals surface area contributed by atoms with E-state index in [1.54, 1.807) is 0 Å². The summed E-state index contributed by atoms with van der Waals surface area (Å²) in [6, 6.07) is 0. The molecular formula is C12H14FN5O4. The number of amides is 1. The molecule has 1 fully saturated rings. The summed E-state index contributed by atoms with van der Waals surface area (Å²) in [5.74, 6) is -0.742. The van der Waals surface area contributed by atoms with Crippen molar-refractivity contribution in [3.05, 3.63) is 18.1 Å². The molecule has 9 nitrogen and oxygen atoms in total. The number of aliphatic hydroxyl groups excluding tert-OH is 2. The van der Waals surface area contributed by atoms with Gasteiger partial charge in [0, 0.05) is 6.20 Å². The largest absolute Gasteiger partial charge is 0.394 e. The third kappa shape index (κ3) is 2.00. The first-order chi connectivity index (χ1) is 10.5. The molecule has 1 saturated heterocycles. The summed E-state index contributed by atoms with van der Waals surface area (Å²) in [7, 11) is 0. The van der Waals surface area contributed by atoms with E-state index in [0.29, 0.717) is 0 Å². The third-order valence-corrected chi connectivity index (χ3v) is 3.65. The Hall–Kier alpha value is -2.30. The zero-order chi connectivity index (χ0) is 16.0. The first-order valence-electron chi connectivity index (χ1n) is 6.45. The molecule has 0 aromatic carbocycles. The summed E-state index contributed by atoms with van der Waals surface area (Å²) < 4.78 is 20.4. The number of carbonyl (C=O) groups excluding carboxylic acids is 1. The molecule has 2 aromatic rings. The lowest BCUT2D eigenvalue weighted by molar-refractivity contribution is -0.0493. The maximum atomic E-state index is 13.9. The second kappa shape index (κ2) is 5.16. The van der Waals surface area contributed by atoms with Gasteiger partial charge in [-0.2, -0.15) is 0 Å². The second-order valence-corrected chi connectivity index (χ2v) is 4.95. The van der Waals surface area contributed by atoms with Gasteiger partial charge in [0.15, 0.2) is 12.4 Å². The van der Waals surface area contributed by atoms with Crippen LogP contribution in [0.3, 0.4) is 0 Å². The van der Waals surface area contributed by atoms with Gasteiger partial charge in [0.1, 0.15) is 30.0 Å². The van der Waals surface area contributed by atoms with E-state index in [1.807, 2.05) is 0 Å². The van der Waals surface area contributed by atoms with Crippen molar-refractivity contribution in [2.45, 2.75) is 24.6 Å². The summed E-state index contributed by atoms with van der Waals surface area (Å²) in [5, 5.41) is 19.2. The fourth-order valence-electron chi connectivity index (χ4n) is 2.57. The molecule has 6 N–H and O–H groups in total. The molecule has 0 aliphatic carbocycles. The Balaban J connectivity index is 2.16. The van der Waals surface area contributed by atoms with E-state index in [0.717, 1.165) is 6.33 Å². The number of carbonyl (C=O) groups is 1. The lowest BCUT2D eigenvalue weighted by Gasteiger charge is -2.16. The topological polar surface area (TPSA) is 150 Å². The third-order valence-electron chi connectivity index (χ3n) is 3.65. The van der Waals surface area contributed by atoms with E-state index in [-0.39, 0.29) is 22.4 Å². The molecule has 0 saturated carbocycles. The minimum atomic E-state index is -1.77. The van der Waals surface area contributed by atoms with Crippen LogP contribution in [-0.4, -0.2) is 55.6 Å². The Morgan fingerprint density at radius 1 is 1.50 bits per heavy atom. The minimum Gasteiger partial charge on any atom is -0.394 e. The molecule has 10 heteroatoms. The fraction of sp³-hybridized carbons (Fsp3) is 0.417. The smallest absolute Gasteiger partial charge is 0.251 e. The number of nitrogens with two attached hydrogens (primary N) is 2. The number of halogens is 1. The van der Waals surface area contributed by atoms with Gasteiger partial charge in [0.05, 0.1) is 17.6 Å². The number of fused-ring (bicyclic) bond motifs is 1. The Morgan fingerprint density at radius 3 is 2.82 bits per heavy atom. The molecule has 3 heterocycles. The highest BCUT2D eigenvalue weighted by molar-refractivity contribution is 6.08. The van der Waals surface area contributed by atoms with Crippen LogP contribution in [0.15, 0.2) is 12.5 Å². The molecule has 4 atom stereocenters. The molecular weight excluding hydrogens is 297 g/mol. The van der Waals surface area contributed by atoms with Gasteiger partial charge in [-0.05, 0) is 0 Å². The van der Waals surface area contributed by atoms with Crippen LogP contribution < -0.4 is 11.5 Å². The Labute approximate surface area is 123 Å². The number of alkyl halides is 1. The normalized spacial score (nSPS) is 28.3. The number of nitrogen functional groups attached to an aromatic ring is 1. The van der Waals surface area contributed by atoms with Gasteiger partial charge in [0.2, 0.25) is 0 Å². The van der Waals surface area contributed by atoms with Crippen LogP contribution in [0.1, 0.15) is 16.6 Å². The van der Waals surface area contributed by atoms with Crippen LogP contribution in [0, 0.1) is 0 Å². The number of ether oxygens (including phenoxy) is 1. The Morgan fingerprint density at radius 2 is 2.23 bits per heavy atom. The number of anilines is 1. The maximum absolute atomic E-state index is 13.9. The van der Waals surface area contributed by atoms with Gasteiger partial charge in [-0.25, -0.2) is 14.4 Å². The van der Waals surface area contributed by atoms with E-state index in [9.17, 15) is 14.3 Å².